The number of rotatable bonds is 8. The quantitative estimate of drug-likeness (QED) is 0.371. The van der Waals surface area contributed by atoms with E-state index in [2.05, 4.69) is 21.1 Å². The fraction of sp³-hybridized carbons (Fsp3) is 0.158. The number of hydrogen-bond donors (Lipinski definition) is 2. The van der Waals surface area contributed by atoms with Crippen LogP contribution in [0.5, 0.6) is 0 Å². The van der Waals surface area contributed by atoms with Gasteiger partial charge in [0.2, 0.25) is 11.8 Å². The maximum Gasteiger partial charge on any atom is 0.270 e. The largest absolute Gasteiger partial charge is 0.273 e. The number of nitro benzene ring substituents is 2. The van der Waals surface area contributed by atoms with Crippen molar-refractivity contribution in [1.29, 1.82) is 0 Å². The molecule has 2 aromatic rings. The average molecular weight is 424 g/mol. The van der Waals surface area contributed by atoms with Crippen LogP contribution in [0, 0.1) is 32.1 Å². The highest BCUT2D eigenvalue weighted by atomic mass is 16.6. The summed E-state index contributed by atoms with van der Waals surface area (Å²) in [7, 11) is 0. The van der Waals surface area contributed by atoms with Gasteiger partial charge in [0, 0.05) is 35.4 Å². The summed E-state index contributed by atoms with van der Waals surface area (Å²) >= 11 is 0. The third-order valence-corrected chi connectivity index (χ3v) is 4.40. The van der Waals surface area contributed by atoms with Crippen molar-refractivity contribution in [3.05, 3.63) is 79.9 Å². The van der Waals surface area contributed by atoms with Crippen molar-refractivity contribution in [3.8, 4) is 0 Å². The summed E-state index contributed by atoms with van der Waals surface area (Å²) in [6, 6.07) is 11.5. The molecule has 1 aliphatic rings. The van der Waals surface area contributed by atoms with Crippen LogP contribution in [0.15, 0.2) is 58.7 Å². The molecule has 0 aliphatic heterocycles. The number of non-ortho nitro benzene ring substituents is 2. The Morgan fingerprint density at radius 3 is 1.65 bits per heavy atom. The van der Waals surface area contributed by atoms with Gasteiger partial charge in [-0.25, -0.2) is 10.9 Å². The number of benzene rings is 2. The molecule has 0 aromatic heterocycles. The molecule has 1 saturated carbocycles. The van der Waals surface area contributed by atoms with Gasteiger partial charge in [-0.2, -0.15) is 10.2 Å². The molecule has 12 nitrogen and oxygen atoms in total. The van der Waals surface area contributed by atoms with E-state index in [1.54, 1.807) is 12.1 Å². The highest BCUT2D eigenvalue weighted by Crippen LogP contribution is 2.38. The zero-order valence-electron chi connectivity index (χ0n) is 15.9. The van der Waals surface area contributed by atoms with Crippen molar-refractivity contribution in [3.63, 3.8) is 0 Å². The molecule has 1 fully saturated rings. The Morgan fingerprint density at radius 1 is 0.839 bits per heavy atom. The van der Waals surface area contributed by atoms with Gasteiger partial charge in [0.1, 0.15) is 0 Å². The predicted octanol–water partition coefficient (Wildman–Crippen LogP) is 1.74. The molecule has 0 saturated heterocycles. The number of hydrogen-bond acceptors (Lipinski definition) is 8. The van der Waals surface area contributed by atoms with Crippen LogP contribution in [0.4, 0.5) is 11.4 Å². The summed E-state index contributed by atoms with van der Waals surface area (Å²) in [6.07, 6.45) is 2.87. The van der Waals surface area contributed by atoms with Crippen LogP contribution >= 0.6 is 0 Å². The van der Waals surface area contributed by atoms with Gasteiger partial charge in [0.15, 0.2) is 0 Å². The second kappa shape index (κ2) is 9.35. The highest BCUT2D eigenvalue weighted by Gasteiger charge is 2.48. The van der Waals surface area contributed by atoms with Gasteiger partial charge >= 0.3 is 0 Å². The predicted molar refractivity (Wildman–Crippen MR) is 109 cm³/mol. The van der Waals surface area contributed by atoms with Gasteiger partial charge in [0.05, 0.1) is 34.1 Å². The van der Waals surface area contributed by atoms with E-state index < -0.39 is 33.5 Å². The minimum atomic E-state index is -0.560. The van der Waals surface area contributed by atoms with Gasteiger partial charge in [-0.3, -0.25) is 29.8 Å². The van der Waals surface area contributed by atoms with Gasteiger partial charge in [-0.05, 0) is 6.42 Å². The minimum absolute atomic E-state index is 0.0973. The Labute approximate surface area is 174 Å². The Hall–Kier alpha value is -4.48. The first kappa shape index (κ1) is 21.2. The molecule has 2 aromatic carbocycles. The zero-order chi connectivity index (χ0) is 22.4. The first-order valence-corrected chi connectivity index (χ1v) is 9.00. The lowest BCUT2D eigenvalue weighted by Gasteiger charge is -2.00. The number of hydrazone groups is 2. The summed E-state index contributed by atoms with van der Waals surface area (Å²) in [4.78, 5) is 44.6. The molecule has 1 aliphatic carbocycles. The lowest BCUT2D eigenvalue weighted by atomic mass is 10.2. The van der Waals surface area contributed by atoms with E-state index in [1.807, 2.05) is 0 Å². The zero-order valence-corrected chi connectivity index (χ0v) is 15.9. The third-order valence-electron chi connectivity index (χ3n) is 4.40. The Balaban J connectivity index is 1.46. The van der Waals surface area contributed by atoms with Crippen molar-refractivity contribution < 1.29 is 19.4 Å². The SMILES string of the molecule is O=C(N/N=C\c1cccc([N+](=O)[O-])c1)[C@@H]1C[C@H]1C(=O)N/N=C\c1cccc([N+](=O)[O-])c1. The van der Waals surface area contributed by atoms with Crippen LogP contribution in [-0.4, -0.2) is 34.1 Å². The number of carbonyl (C=O) groups excluding carboxylic acids is 2. The van der Waals surface area contributed by atoms with E-state index in [9.17, 15) is 29.8 Å². The molecular formula is C19H16N6O6. The van der Waals surface area contributed by atoms with Gasteiger partial charge < -0.3 is 0 Å². The first-order valence-electron chi connectivity index (χ1n) is 9.00. The summed E-state index contributed by atoms with van der Waals surface area (Å²) in [6.45, 7) is 0. The molecule has 158 valence electrons. The van der Waals surface area contributed by atoms with Crippen LogP contribution in [0.25, 0.3) is 0 Å². The Bertz CT molecular complexity index is 1010. The van der Waals surface area contributed by atoms with E-state index in [-0.39, 0.29) is 11.4 Å². The van der Waals surface area contributed by atoms with E-state index in [0.717, 1.165) is 0 Å². The summed E-state index contributed by atoms with van der Waals surface area (Å²) in [5.41, 5.74) is 5.29. The molecule has 0 unspecified atom stereocenters. The highest BCUT2D eigenvalue weighted by molar-refractivity contribution is 5.93. The topological polar surface area (TPSA) is 169 Å². The van der Waals surface area contributed by atoms with Crippen molar-refractivity contribution in [2.45, 2.75) is 6.42 Å². The number of nitrogens with zero attached hydrogens (tertiary/aromatic N) is 4. The standard InChI is InChI=1S/C19H16N6O6/c26-18(22-20-10-12-3-1-5-14(7-12)24(28)29)16-9-17(16)19(27)23-21-11-13-4-2-6-15(8-13)25(30)31/h1-8,10-11,16-17H,9H2,(H,22,26)(H,23,27)/b20-10-,21-11-/t16-,17-/m1/s1. The van der Waals surface area contributed by atoms with Crippen molar-refractivity contribution in [2.24, 2.45) is 22.0 Å². The molecule has 0 spiro atoms. The maximum absolute atomic E-state index is 12.1. The smallest absolute Gasteiger partial charge is 0.270 e. The molecule has 12 heteroatoms. The second-order valence-electron chi connectivity index (χ2n) is 6.62. The third kappa shape index (κ3) is 5.76. The molecule has 2 N–H and O–H groups in total. The van der Waals surface area contributed by atoms with Crippen LogP contribution in [0.1, 0.15) is 17.5 Å². The van der Waals surface area contributed by atoms with Crippen LogP contribution in [-0.2, 0) is 9.59 Å². The first-order chi connectivity index (χ1) is 14.8. The number of amides is 2. The molecule has 2 amide bonds. The molecular weight excluding hydrogens is 408 g/mol. The van der Waals surface area contributed by atoms with Gasteiger partial charge in [-0.15, -0.1) is 0 Å². The van der Waals surface area contributed by atoms with Crippen LogP contribution in [0.2, 0.25) is 0 Å². The van der Waals surface area contributed by atoms with Crippen LogP contribution < -0.4 is 10.9 Å². The number of nitro groups is 2. The van der Waals surface area contributed by atoms with Crippen molar-refractivity contribution >= 4 is 35.6 Å². The van der Waals surface area contributed by atoms with Crippen LogP contribution in [0.3, 0.4) is 0 Å². The summed E-state index contributed by atoms with van der Waals surface area (Å²) < 4.78 is 0. The van der Waals surface area contributed by atoms with E-state index in [0.29, 0.717) is 17.5 Å². The lowest BCUT2D eigenvalue weighted by Crippen LogP contribution is -2.25. The average Bonchev–Trinajstić information content (AvgIpc) is 3.55. The maximum atomic E-state index is 12.1. The van der Waals surface area contributed by atoms with Crippen molar-refractivity contribution in [1.82, 2.24) is 10.9 Å². The molecule has 0 radical (unpaired) electrons. The van der Waals surface area contributed by atoms with E-state index in [1.165, 1.54) is 48.8 Å². The van der Waals surface area contributed by atoms with E-state index >= 15 is 0 Å². The molecule has 3 rings (SSSR count). The Morgan fingerprint density at radius 2 is 1.26 bits per heavy atom. The van der Waals surface area contributed by atoms with Gasteiger partial charge in [0.25, 0.3) is 11.4 Å². The van der Waals surface area contributed by atoms with Crippen molar-refractivity contribution in [2.75, 3.05) is 0 Å². The molecule has 31 heavy (non-hydrogen) atoms. The molecule has 0 heterocycles. The van der Waals surface area contributed by atoms with Gasteiger partial charge in [-0.1, -0.05) is 24.3 Å². The fourth-order valence-corrected chi connectivity index (χ4v) is 2.72. The fourth-order valence-electron chi connectivity index (χ4n) is 2.72. The summed E-state index contributed by atoms with van der Waals surface area (Å²) in [5.74, 6) is -2.03. The summed E-state index contributed by atoms with van der Waals surface area (Å²) in [5, 5.41) is 29.0. The van der Waals surface area contributed by atoms with E-state index in [4.69, 9.17) is 0 Å². The number of carbonyl (C=O) groups is 2. The minimum Gasteiger partial charge on any atom is -0.273 e. The second-order valence-corrected chi connectivity index (χ2v) is 6.62. The molecule has 0 bridgehead atoms. The number of nitrogens with one attached hydrogen (secondary N) is 2. The monoisotopic (exact) mass is 424 g/mol. The molecule has 2 atom stereocenters. The normalized spacial score (nSPS) is 17.4. The lowest BCUT2D eigenvalue weighted by molar-refractivity contribution is -0.385. The Kier molecular flexibility index (Phi) is 6.40.